The zero-order valence-corrected chi connectivity index (χ0v) is 10.9. The molecule has 1 fully saturated rings. The molecule has 0 saturated heterocycles. The van der Waals surface area contributed by atoms with Crippen LogP contribution >= 0.6 is 11.6 Å². The van der Waals surface area contributed by atoms with Crippen LogP contribution in [0.1, 0.15) is 24.4 Å². The monoisotopic (exact) mass is 281 g/mol. The van der Waals surface area contributed by atoms with Crippen molar-refractivity contribution in [3.63, 3.8) is 0 Å². The predicted octanol–water partition coefficient (Wildman–Crippen LogP) is 2.72. The van der Waals surface area contributed by atoms with Crippen molar-refractivity contribution in [3.05, 3.63) is 34.6 Å². The summed E-state index contributed by atoms with van der Waals surface area (Å²) in [5, 5.41) is 0.0241. The van der Waals surface area contributed by atoms with Crippen LogP contribution in [0.3, 0.4) is 0 Å². The van der Waals surface area contributed by atoms with E-state index in [2.05, 4.69) is 4.99 Å². The van der Waals surface area contributed by atoms with Gasteiger partial charge in [-0.25, -0.2) is 9.18 Å². The molecule has 1 atom stereocenters. The number of rotatable bonds is 3. The van der Waals surface area contributed by atoms with Gasteiger partial charge in [0.05, 0.1) is 5.02 Å². The van der Waals surface area contributed by atoms with Crippen LogP contribution in [-0.2, 0) is 0 Å². The first kappa shape index (κ1) is 12.4. The van der Waals surface area contributed by atoms with Gasteiger partial charge in [-0.15, -0.1) is 0 Å². The molecule has 100 valence electrons. The number of nitrogens with two attached hydrogens (primary N) is 1. The van der Waals surface area contributed by atoms with Crippen LogP contribution in [0.25, 0.3) is 0 Å². The van der Waals surface area contributed by atoms with E-state index in [0.29, 0.717) is 18.0 Å². The molecule has 1 aromatic rings. The zero-order valence-electron chi connectivity index (χ0n) is 10.1. The van der Waals surface area contributed by atoms with Gasteiger partial charge in [0, 0.05) is 6.54 Å². The second-order valence-electron chi connectivity index (χ2n) is 4.99. The Balaban J connectivity index is 1.92. The second kappa shape index (κ2) is 4.49. The Labute approximate surface area is 115 Å². The molecule has 1 unspecified atom stereocenters. The Morgan fingerprint density at radius 2 is 2.21 bits per heavy atom. The average molecular weight is 282 g/mol. The Morgan fingerprint density at radius 3 is 2.84 bits per heavy atom. The number of urea groups is 1. The van der Waals surface area contributed by atoms with Crippen LogP contribution < -0.4 is 5.73 Å². The smallest absolute Gasteiger partial charge is 0.346 e. The number of aliphatic imine (C=N–C) groups is 1. The molecule has 2 N–H and O–H groups in total. The normalized spacial score (nSPS) is 22.8. The van der Waals surface area contributed by atoms with Crippen molar-refractivity contribution in [1.82, 2.24) is 4.90 Å². The molecule has 6 heteroatoms. The van der Waals surface area contributed by atoms with E-state index >= 15 is 0 Å². The van der Waals surface area contributed by atoms with Crippen molar-refractivity contribution < 1.29 is 9.18 Å². The molecule has 1 heterocycles. The summed E-state index contributed by atoms with van der Waals surface area (Å²) in [7, 11) is 0. The topological polar surface area (TPSA) is 58.7 Å². The molecule has 2 amide bonds. The van der Waals surface area contributed by atoms with E-state index in [1.54, 1.807) is 11.0 Å². The SMILES string of the molecule is NC1=NC(=O)N(CC2CC2)C1c1ccc(F)c(Cl)c1. The zero-order chi connectivity index (χ0) is 13.6. The minimum atomic E-state index is -0.487. The quantitative estimate of drug-likeness (QED) is 0.926. The number of amidine groups is 1. The third kappa shape index (κ3) is 2.30. The van der Waals surface area contributed by atoms with Crippen LogP contribution in [0.2, 0.25) is 5.02 Å². The summed E-state index contributed by atoms with van der Waals surface area (Å²) >= 11 is 5.78. The van der Waals surface area contributed by atoms with E-state index in [-0.39, 0.29) is 16.9 Å². The van der Waals surface area contributed by atoms with Crippen molar-refractivity contribution in [2.24, 2.45) is 16.6 Å². The van der Waals surface area contributed by atoms with E-state index in [9.17, 15) is 9.18 Å². The van der Waals surface area contributed by atoms with Crippen LogP contribution in [0.15, 0.2) is 23.2 Å². The van der Waals surface area contributed by atoms with Gasteiger partial charge in [-0.05, 0) is 36.5 Å². The van der Waals surface area contributed by atoms with Gasteiger partial charge >= 0.3 is 6.03 Å². The van der Waals surface area contributed by atoms with Crippen molar-refractivity contribution in [2.75, 3.05) is 6.54 Å². The molecule has 1 saturated carbocycles. The second-order valence-corrected chi connectivity index (χ2v) is 5.40. The number of benzene rings is 1. The maximum Gasteiger partial charge on any atom is 0.346 e. The number of carbonyl (C=O) groups excluding carboxylic acids is 1. The highest BCUT2D eigenvalue weighted by atomic mass is 35.5. The lowest BCUT2D eigenvalue weighted by atomic mass is 10.0. The highest BCUT2D eigenvalue weighted by Gasteiger charge is 2.38. The fraction of sp³-hybridized carbons (Fsp3) is 0.385. The maximum atomic E-state index is 13.2. The summed E-state index contributed by atoms with van der Waals surface area (Å²) in [6.07, 6.45) is 2.25. The largest absolute Gasteiger partial charge is 0.385 e. The third-order valence-electron chi connectivity index (χ3n) is 3.47. The molecule has 3 rings (SSSR count). The van der Waals surface area contributed by atoms with Crippen molar-refractivity contribution in [1.29, 1.82) is 0 Å². The lowest BCUT2D eigenvalue weighted by Crippen LogP contribution is -2.34. The summed E-state index contributed by atoms with van der Waals surface area (Å²) < 4.78 is 13.2. The predicted molar refractivity (Wildman–Crippen MR) is 70.6 cm³/mol. The Bertz CT molecular complexity index is 571. The molecule has 0 radical (unpaired) electrons. The highest BCUT2D eigenvalue weighted by molar-refractivity contribution is 6.30. The molecule has 1 aliphatic carbocycles. The fourth-order valence-corrected chi connectivity index (χ4v) is 2.49. The summed E-state index contributed by atoms with van der Waals surface area (Å²) in [5.41, 5.74) is 6.52. The number of halogens is 2. The number of amides is 2. The molecule has 1 aromatic carbocycles. The van der Waals surface area contributed by atoms with E-state index in [4.69, 9.17) is 17.3 Å². The highest BCUT2D eigenvalue weighted by Crippen LogP contribution is 2.36. The molecule has 0 aromatic heterocycles. The number of carbonyl (C=O) groups is 1. The summed E-state index contributed by atoms with van der Waals surface area (Å²) in [5.74, 6) is 0.288. The van der Waals surface area contributed by atoms with Gasteiger partial charge in [-0.2, -0.15) is 4.99 Å². The standard InChI is InChI=1S/C13H13ClFN3O/c14-9-5-8(3-4-10(9)15)11-12(16)17-13(19)18(11)6-7-1-2-7/h3-5,7,11H,1-2,6H2,(H2,16,17,19). The van der Waals surface area contributed by atoms with Crippen molar-refractivity contribution in [3.8, 4) is 0 Å². The van der Waals surface area contributed by atoms with Gasteiger partial charge in [0.1, 0.15) is 17.7 Å². The van der Waals surface area contributed by atoms with E-state index in [1.807, 2.05) is 0 Å². The summed E-state index contributed by atoms with van der Waals surface area (Å²) in [6, 6.07) is 3.62. The average Bonchev–Trinajstić information content (AvgIpc) is 3.11. The van der Waals surface area contributed by atoms with Gasteiger partial charge in [-0.1, -0.05) is 17.7 Å². The number of hydrogen-bond donors (Lipinski definition) is 1. The van der Waals surface area contributed by atoms with Crippen LogP contribution in [0, 0.1) is 11.7 Å². The number of hydrogen-bond acceptors (Lipinski definition) is 2. The van der Waals surface area contributed by atoms with Gasteiger partial charge in [0.2, 0.25) is 0 Å². The number of nitrogens with zero attached hydrogens (tertiary/aromatic N) is 2. The molecular formula is C13H13ClFN3O. The Hall–Kier alpha value is -1.62. The Morgan fingerprint density at radius 1 is 1.47 bits per heavy atom. The summed E-state index contributed by atoms with van der Waals surface area (Å²) in [4.78, 5) is 17.3. The molecular weight excluding hydrogens is 269 g/mol. The molecule has 2 aliphatic rings. The lowest BCUT2D eigenvalue weighted by molar-refractivity contribution is 0.204. The Kier molecular flexibility index (Phi) is 2.93. The maximum absolute atomic E-state index is 13.2. The van der Waals surface area contributed by atoms with Crippen LogP contribution in [0.4, 0.5) is 9.18 Å². The molecule has 19 heavy (non-hydrogen) atoms. The van der Waals surface area contributed by atoms with Crippen molar-refractivity contribution in [2.45, 2.75) is 18.9 Å². The van der Waals surface area contributed by atoms with Gasteiger partial charge < -0.3 is 10.6 Å². The van der Waals surface area contributed by atoms with Gasteiger partial charge in [0.25, 0.3) is 0 Å². The minimum Gasteiger partial charge on any atom is -0.385 e. The molecule has 1 aliphatic heterocycles. The van der Waals surface area contributed by atoms with Crippen LogP contribution in [-0.4, -0.2) is 23.3 Å². The first-order chi connectivity index (χ1) is 9.06. The van der Waals surface area contributed by atoms with E-state index in [1.165, 1.54) is 12.1 Å². The van der Waals surface area contributed by atoms with Crippen molar-refractivity contribution >= 4 is 23.5 Å². The molecule has 0 bridgehead atoms. The minimum absolute atomic E-state index is 0.0241. The fourth-order valence-electron chi connectivity index (χ4n) is 2.30. The first-order valence-corrected chi connectivity index (χ1v) is 6.53. The van der Waals surface area contributed by atoms with E-state index in [0.717, 1.165) is 12.8 Å². The summed E-state index contributed by atoms with van der Waals surface area (Å²) in [6.45, 7) is 0.642. The molecule has 0 spiro atoms. The first-order valence-electron chi connectivity index (χ1n) is 6.16. The third-order valence-corrected chi connectivity index (χ3v) is 3.76. The van der Waals surface area contributed by atoms with Crippen LogP contribution in [0.5, 0.6) is 0 Å². The lowest BCUT2D eigenvalue weighted by Gasteiger charge is -2.24. The van der Waals surface area contributed by atoms with E-state index < -0.39 is 11.9 Å². The van der Waals surface area contributed by atoms with Gasteiger partial charge in [0.15, 0.2) is 0 Å². The van der Waals surface area contributed by atoms with Gasteiger partial charge in [-0.3, -0.25) is 0 Å². The molecule has 4 nitrogen and oxygen atoms in total.